The van der Waals surface area contributed by atoms with E-state index in [2.05, 4.69) is 15.7 Å². The fourth-order valence-corrected chi connectivity index (χ4v) is 2.16. The van der Waals surface area contributed by atoms with Gasteiger partial charge in [-0.15, -0.1) is 0 Å². The number of anilines is 1. The van der Waals surface area contributed by atoms with Crippen molar-refractivity contribution in [2.45, 2.75) is 26.8 Å². The van der Waals surface area contributed by atoms with Crippen LogP contribution in [0.4, 0.5) is 19.3 Å². The largest absolute Gasteiger partial charge is 0.487 e. The third kappa shape index (κ3) is 4.94. The van der Waals surface area contributed by atoms with Crippen LogP contribution in [-0.4, -0.2) is 28.8 Å². The number of hydrogen-bond donors (Lipinski definition) is 2. The number of rotatable bonds is 6. The van der Waals surface area contributed by atoms with Crippen LogP contribution in [-0.2, 0) is 13.6 Å². The molecule has 24 heavy (non-hydrogen) atoms. The summed E-state index contributed by atoms with van der Waals surface area (Å²) in [6.07, 6.45) is -2.55. The molecule has 2 rings (SSSR count). The molecule has 0 fully saturated rings. The Kier molecular flexibility index (Phi) is 5.73. The lowest BCUT2D eigenvalue weighted by Gasteiger charge is -2.12. The number of alkyl halides is 2. The molecular weight excluding hydrogens is 318 g/mol. The summed E-state index contributed by atoms with van der Waals surface area (Å²) in [5.41, 5.74) is 2.91. The maximum Gasteiger partial charge on any atom is 0.319 e. The molecule has 0 aliphatic carbocycles. The third-order valence-electron chi connectivity index (χ3n) is 3.34. The van der Waals surface area contributed by atoms with Gasteiger partial charge in [-0.1, -0.05) is 6.07 Å². The molecule has 6 nitrogen and oxygen atoms in total. The molecule has 0 atom stereocenters. The zero-order valence-electron chi connectivity index (χ0n) is 13.8. The van der Waals surface area contributed by atoms with E-state index in [-0.39, 0.29) is 0 Å². The predicted octanol–water partition coefficient (Wildman–Crippen LogP) is 3.00. The van der Waals surface area contributed by atoms with Crippen LogP contribution in [0.2, 0.25) is 0 Å². The molecule has 0 unspecified atom stereocenters. The molecule has 2 amide bonds. The summed E-state index contributed by atoms with van der Waals surface area (Å²) < 4.78 is 31.2. The second-order valence-electron chi connectivity index (χ2n) is 5.39. The Bertz CT molecular complexity index is 716. The number of halogens is 2. The smallest absolute Gasteiger partial charge is 0.319 e. The zero-order chi connectivity index (χ0) is 17.7. The van der Waals surface area contributed by atoms with Crippen LogP contribution >= 0.6 is 0 Å². The molecule has 1 heterocycles. The van der Waals surface area contributed by atoms with Crippen molar-refractivity contribution in [2.75, 3.05) is 11.9 Å². The molecule has 1 aromatic heterocycles. The minimum atomic E-state index is -2.55. The van der Waals surface area contributed by atoms with Crippen LogP contribution in [0.5, 0.6) is 5.75 Å². The minimum absolute atomic E-state index is 0.315. The monoisotopic (exact) mass is 338 g/mol. The lowest BCUT2D eigenvalue weighted by atomic mass is 10.2. The van der Waals surface area contributed by atoms with E-state index in [1.54, 1.807) is 30.8 Å². The van der Waals surface area contributed by atoms with Crippen molar-refractivity contribution in [3.8, 4) is 5.75 Å². The van der Waals surface area contributed by atoms with E-state index in [0.29, 0.717) is 23.5 Å². The van der Waals surface area contributed by atoms with Gasteiger partial charge in [0.05, 0.1) is 17.9 Å². The molecule has 0 radical (unpaired) electrons. The van der Waals surface area contributed by atoms with Crippen molar-refractivity contribution in [3.63, 3.8) is 0 Å². The summed E-state index contributed by atoms with van der Waals surface area (Å²) in [4.78, 5) is 12.0. The number of carbonyl (C=O) groups is 1. The summed E-state index contributed by atoms with van der Waals surface area (Å²) in [6, 6.07) is 6.37. The van der Waals surface area contributed by atoms with Gasteiger partial charge in [0.1, 0.15) is 12.4 Å². The first-order chi connectivity index (χ1) is 11.3. The highest BCUT2D eigenvalue weighted by Gasteiger charge is 2.09. The van der Waals surface area contributed by atoms with Crippen LogP contribution in [0.3, 0.4) is 0 Å². The van der Waals surface area contributed by atoms with Crippen LogP contribution in [0.15, 0.2) is 24.3 Å². The van der Waals surface area contributed by atoms with Crippen molar-refractivity contribution in [1.82, 2.24) is 15.1 Å². The van der Waals surface area contributed by atoms with E-state index >= 15 is 0 Å². The van der Waals surface area contributed by atoms with Gasteiger partial charge in [-0.3, -0.25) is 4.68 Å². The molecule has 0 aliphatic heterocycles. The summed E-state index contributed by atoms with van der Waals surface area (Å²) in [5, 5.41) is 9.56. The number of nitrogens with one attached hydrogen (secondary N) is 2. The topological polar surface area (TPSA) is 68.2 Å². The van der Waals surface area contributed by atoms with Crippen molar-refractivity contribution in [2.24, 2.45) is 7.05 Å². The molecule has 0 bridgehead atoms. The predicted molar refractivity (Wildman–Crippen MR) is 86.5 cm³/mol. The number of aryl methyl sites for hydroxylation is 3. The van der Waals surface area contributed by atoms with Crippen LogP contribution in [0.25, 0.3) is 0 Å². The normalized spacial score (nSPS) is 10.8. The van der Waals surface area contributed by atoms with E-state index in [1.807, 2.05) is 13.0 Å². The lowest BCUT2D eigenvalue weighted by molar-refractivity contribution is 0.0816. The van der Waals surface area contributed by atoms with Crippen LogP contribution in [0, 0.1) is 13.8 Å². The van der Waals surface area contributed by atoms with E-state index in [1.165, 1.54) is 6.07 Å². The Morgan fingerprint density at radius 1 is 1.33 bits per heavy atom. The maximum absolute atomic E-state index is 12.2. The van der Waals surface area contributed by atoms with Gasteiger partial charge in [0.25, 0.3) is 6.43 Å². The summed E-state index contributed by atoms with van der Waals surface area (Å²) in [5.74, 6) is 0.315. The molecule has 130 valence electrons. The van der Waals surface area contributed by atoms with Gasteiger partial charge in [-0.2, -0.15) is 5.10 Å². The van der Waals surface area contributed by atoms with E-state index in [4.69, 9.17) is 4.74 Å². The fourth-order valence-electron chi connectivity index (χ4n) is 2.16. The van der Waals surface area contributed by atoms with Gasteiger partial charge in [-0.25, -0.2) is 13.6 Å². The zero-order valence-corrected chi connectivity index (χ0v) is 13.8. The summed E-state index contributed by atoms with van der Waals surface area (Å²) in [7, 11) is 1.80. The SMILES string of the molecule is Cc1cc(CNC(=O)Nc2ccc(C)c(OCC(F)F)c2)n(C)n1. The van der Waals surface area contributed by atoms with E-state index < -0.39 is 19.1 Å². The van der Waals surface area contributed by atoms with E-state index in [9.17, 15) is 13.6 Å². The molecule has 0 saturated carbocycles. The van der Waals surface area contributed by atoms with Crippen LogP contribution < -0.4 is 15.4 Å². The lowest BCUT2D eigenvalue weighted by Crippen LogP contribution is -2.29. The molecule has 0 saturated heterocycles. The van der Waals surface area contributed by atoms with Gasteiger partial charge in [0.2, 0.25) is 0 Å². The second-order valence-corrected chi connectivity index (χ2v) is 5.39. The van der Waals surface area contributed by atoms with E-state index in [0.717, 1.165) is 11.4 Å². The number of carbonyl (C=O) groups excluding carboxylic acids is 1. The van der Waals surface area contributed by atoms with Gasteiger partial charge in [0, 0.05) is 18.8 Å². The molecule has 0 aliphatic rings. The molecule has 2 N–H and O–H groups in total. The average molecular weight is 338 g/mol. The van der Waals surface area contributed by atoms with Gasteiger partial charge in [-0.05, 0) is 31.5 Å². The molecule has 1 aromatic carbocycles. The first kappa shape index (κ1) is 17.7. The van der Waals surface area contributed by atoms with Crippen molar-refractivity contribution in [3.05, 3.63) is 41.2 Å². The molecular formula is C16H20F2N4O2. The number of benzene rings is 1. The first-order valence-corrected chi connectivity index (χ1v) is 7.41. The summed E-state index contributed by atoms with van der Waals surface area (Å²) >= 11 is 0. The van der Waals surface area contributed by atoms with Gasteiger partial charge in [0.15, 0.2) is 0 Å². The van der Waals surface area contributed by atoms with Crippen LogP contribution in [0.1, 0.15) is 17.0 Å². The Morgan fingerprint density at radius 3 is 2.71 bits per heavy atom. The molecule has 0 spiro atoms. The maximum atomic E-state index is 12.2. The van der Waals surface area contributed by atoms with Crippen molar-refractivity contribution >= 4 is 11.7 Å². The molecule has 8 heteroatoms. The van der Waals surface area contributed by atoms with Gasteiger partial charge >= 0.3 is 6.03 Å². The Labute approximate surface area is 138 Å². The Balaban J connectivity index is 1.93. The quantitative estimate of drug-likeness (QED) is 0.851. The Hall–Kier alpha value is -2.64. The number of nitrogens with zero attached hydrogens (tertiary/aromatic N) is 2. The molecule has 2 aromatic rings. The number of ether oxygens (including phenoxy) is 1. The van der Waals surface area contributed by atoms with Gasteiger partial charge < -0.3 is 15.4 Å². The average Bonchev–Trinajstić information content (AvgIpc) is 2.83. The number of aromatic nitrogens is 2. The number of amides is 2. The highest BCUT2D eigenvalue weighted by atomic mass is 19.3. The highest BCUT2D eigenvalue weighted by molar-refractivity contribution is 5.89. The number of hydrogen-bond acceptors (Lipinski definition) is 3. The Morgan fingerprint density at radius 2 is 2.08 bits per heavy atom. The standard InChI is InChI=1S/C16H20F2N4O2/c1-10-4-5-12(7-14(10)24-9-15(17)18)20-16(23)19-8-13-6-11(2)21-22(13)3/h4-7,15H,8-9H2,1-3H3,(H2,19,20,23). The second kappa shape index (κ2) is 7.76. The highest BCUT2D eigenvalue weighted by Crippen LogP contribution is 2.23. The fraction of sp³-hybridized carbons (Fsp3) is 0.375. The summed E-state index contributed by atoms with van der Waals surface area (Å²) in [6.45, 7) is 3.26. The third-order valence-corrected chi connectivity index (χ3v) is 3.34. The van der Waals surface area contributed by atoms with Crippen molar-refractivity contribution in [1.29, 1.82) is 0 Å². The first-order valence-electron chi connectivity index (χ1n) is 7.41. The van der Waals surface area contributed by atoms with Crippen molar-refractivity contribution < 1.29 is 18.3 Å². The number of urea groups is 1. The minimum Gasteiger partial charge on any atom is -0.487 e.